The molecule has 0 amide bonds. The van der Waals surface area contributed by atoms with Crippen molar-refractivity contribution in [3.63, 3.8) is 0 Å². The lowest BCUT2D eigenvalue weighted by atomic mass is 9.98. The van der Waals surface area contributed by atoms with Crippen LogP contribution in [0.3, 0.4) is 0 Å². The summed E-state index contributed by atoms with van der Waals surface area (Å²) in [6, 6.07) is 19.2. The molecular weight excluding hydrogens is 204 g/mol. The molecule has 3 aromatic rings. The van der Waals surface area contributed by atoms with E-state index in [1.807, 2.05) is 0 Å². The molecule has 0 saturated carbocycles. The number of benzene rings is 3. The van der Waals surface area contributed by atoms with Crippen LogP contribution in [0.25, 0.3) is 21.5 Å². The van der Waals surface area contributed by atoms with E-state index in [9.17, 15) is 0 Å². The highest BCUT2D eigenvalue weighted by molar-refractivity contribution is 5.99. The van der Waals surface area contributed by atoms with Gasteiger partial charge >= 0.3 is 0 Å². The highest BCUT2D eigenvalue weighted by Crippen LogP contribution is 2.25. The van der Waals surface area contributed by atoms with Gasteiger partial charge < -0.3 is 0 Å². The Kier molecular flexibility index (Phi) is 2.31. The summed E-state index contributed by atoms with van der Waals surface area (Å²) in [4.78, 5) is 0. The molecule has 0 aliphatic rings. The van der Waals surface area contributed by atoms with Gasteiger partial charge in [-0.1, -0.05) is 42.5 Å². The van der Waals surface area contributed by atoms with E-state index in [0.717, 1.165) is 0 Å². The van der Waals surface area contributed by atoms with E-state index in [1.165, 1.54) is 27.1 Å². The summed E-state index contributed by atoms with van der Waals surface area (Å²) < 4.78 is 0. The van der Waals surface area contributed by atoms with Crippen molar-refractivity contribution in [3.8, 4) is 12.3 Å². The van der Waals surface area contributed by atoms with Gasteiger partial charge in [0.1, 0.15) is 0 Å². The highest BCUT2D eigenvalue weighted by Gasteiger charge is 2.01. The summed E-state index contributed by atoms with van der Waals surface area (Å²) in [6.07, 6.45) is 6.10. The van der Waals surface area contributed by atoms with Gasteiger partial charge in [0.25, 0.3) is 0 Å². The van der Waals surface area contributed by atoms with E-state index in [4.69, 9.17) is 6.42 Å². The van der Waals surface area contributed by atoms with Gasteiger partial charge in [-0.25, -0.2) is 0 Å². The van der Waals surface area contributed by atoms with Crippen molar-refractivity contribution in [2.45, 2.75) is 6.42 Å². The quantitative estimate of drug-likeness (QED) is 0.423. The third kappa shape index (κ3) is 1.66. The molecule has 0 heterocycles. The molecule has 0 saturated heterocycles. The van der Waals surface area contributed by atoms with Crippen LogP contribution in [0.15, 0.2) is 54.6 Å². The first-order chi connectivity index (χ1) is 8.38. The van der Waals surface area contributed by atoms with E-state index in [0.29, 0.717) is 6.42 Å². The van der Waals surface area contributed by atoms with Crippen molar-refractivity contribution in [3.05, 3.63) is 60.2 Å². The minimum absolute atomic E-state index is 0.690. The largest absolute Gasteiger partial charge is 0.120 e. The zero-order valence-electron chi connectivity index (χ0n) is 9.48. The van der Waals surface area contributed by atoms with Crippen LogP contribution in [0.1, 0.15) is 5.56 Å². The molecule has 80 valence electrons. The molecule has 0 heteroatoms. The highest BCUT2D eigenvalue weighted by atomic mass is 14.1. The van der Waals surface area contributed by atoms with Crippen LogP contribution < -0.4 is 0 Å². The Morgan fingerprint density at radius 2 is 1.53 bits per heavy atom. The summed E-state index contributed by atoms with van der Waals surface area (Å²) in [6.45, 7) is 0. The molecular formula is C17H12. The van der Waals surface area contributed by atoms with Crippen molar-refractivity contribution in [2.75, 3.05) is 0 Å². The van der Waals surface area contributed by atoms with Crippen molar-refractivity contribution < 1.29 is 0 Å². The predicted molar refractivity (Wildman–Crippen MR) is 74.0 cm³/mol. The van der Waals surface area contributed by atoms with Gasteiger partial charge in [-0.2, -0.15) is 0 Å². The monoisotopic (exact) mass is 216 g/mol. The molecule has 0 aliphatic carbocycles. The number of fused-ring (bicyclic) bond motifs is 2. The van der Waals surface area contributed by atoms with Crippen LogP contribution in [-0.4, -0.2) is 0 Å². The van der Waals surface area contributed by atoms with Gasteiger partial charge in [-0.05, 0) is 39.2 Å². The normalized spacial score (nSPS) is 10.5. The Bertz CT molecular complexity index is 730. The first-order valence-corrected chi connectivity index (χ1v) is 5.72. The molecule has 0 N–H and O–H groups in total. The summed E-state index contributed by atoms with van der Waals surface area (Å²) in [5.74, 6) is 2.72. The fraction of sp³-hybridized carbons (Fsp3) is 0.0588. The van der Waals surface area contributed by atoms with Crippen LogP contribution in [0.5, 0.6) is 0 Å². The standard InChI is InChI=1S/C17H12/c1-2-6-13-9-5-10-16-11-14-7-3-4-8-15(14)12-17(13)16/h1,3-5,7-12H,6H2. The van der Waals surface area contributed by atoms with E-state index >= 15 is 0 Å². The molecule has 3 aromatic carbocycles. The van der Waals surface area contributed by atoms with Gasteiger partial charge in [-0.15, -0.1) is 12.3 Å². The van der Waals surface area contributed by atoms with E-state index < -0.39 is 0 Å². The summed E-state index contributed by atoms with van der Waals surface area (Å²) >= 11 is 0. The second kappa shape index (κ2) is 3.96. The maximum Gasteiger partial charge on any atom is 0.0343 e. The van der Waals surface area contributed by atoms with Gasteiger partial charge in [0.2, 0.25) is 0 Å². The van der Waals surface area contributed by atoms with Crippen LogP contribution in [-0.2, 0) is 6.42 Å². The Morgan fingerprint density at radius 3 is 2.29 bits per heavy atom. The average molecular weight is 216 g/mol. The third-order valence-electron chi connectivity index (χ3n) is 3.13. The predicted octanol–water partition coefficient (Wildman–Crippen LogP) is 4.17. The molecule has 0 spiro atoms. The Labute approximate surface area is 101 Å². The molecule has 0 atom stereocenters. The fourth-order valence-electron chi connectivity index (χ4n) is 2.30. The summed E-state index contributed by atoms with van der Waals surface area (Å²) in [7, 11) is 0. The molecule has 0 radical (unpaired) electrons. The van der Waals surface area contributed by atoms with Gasteiger partial charge in [0.15, 0.2) is 0 Å². The van der Waals surface area contributed by atoms with E-state index in [-0.39, 0.29) is 0 Å². The maximum atomic E-state index is 5.41. The molecule has 0 unspecified atom stereocenters. The Balaban J connectivity index is 2.40. The molecule has 17 heavy (non-hydrogen) atoms. The number of hydrogen-bond acceptors (Lipinski definition) is 0. The second-order valence-corrected chi connectivity index (χ2v) is 4.22. The molecule has 0 aliphatic heterocycles. The number of rotatable bonds is 1. The third-order valence-corrected chi connectivity index (χ3v) is 3.13. The van der Waals surface area contributed by atoms with Gasteiger partial charge in [0, 0.05) is 6.42 Å². The van der Waals surface area contributed by atoms with Crippen LogP contribution in [0, 0.1) is 12.3 Å². The lowest BCUT2D eigenvalue weighted by Gasteiger charge is -2.06. The molecule has 0 aromatic heterocycles. The first kappa shape index (κ1) is 9.93. The smallest absolute Gasteiger partial charge is 0.0343 e. The molecule has 0 fully saturated rings. The van der Waals surface area contributed by atoms with Crippen LogP contribution in [0.4, 0.5) is 0 Å². The minimum atomic E-state index is 0.690. The minimum Gasteiger partial charge on any atom is -0.120 e. The first-order valence-electron chi connectivity index (χ1n) is 5.72. The summed E-state index contributed by atoms with van der Waals surface area (Å²) in [5.41, 5.74) is 1.23. The lowest BCUT2D eigenvalue weighted by molar-refractivity contribution is 1.36. The Hall–Kier alpha value is -2.26. The maximum absolute atomic E-state index is 5.41. The van der Waals surface area contributed by atoms with E-state index in [2.05, 4.69) is 60.5 Å². The van der Waals surface area contributed by atoms with Crippen LogP contribution in [0.2, 0.25) is 0 Å². The molecule has 0 nitrogen and oxygen atoms in total. The zero-order valence-corrected chi connectivity index (χ0v) is 9.48. The van der Waals surface area contributed by atoms with Crippen molar-refractivity contribution >= 4 is 21.5 Å². The van der Waals surface area contributed by atoms with Crippen molar-refractivity contribution in [1.29, 1.82) is 0 Å². The fourth-order valence-corrected chi connectivity index (χ4v) is 2.30. The topological polar surface area (TPSA) is 0 Å². The average Bonchev–Trinajstić information content (AvgIpc) is 2.37. The second-order valence-electron chi connectivity index (χ2n) is 4.22. The van der Waals surface area contributed by atoms with Crippen molar-refractivity contribution in [1.82, 2.24) is 0 Å². The summed E-state index contributed by atoms with van der Waals surface area (Å²) in [5, 5.41) is 5.07. The van der Waals surface area contributed by atoms with E-state index in [1.54, 1.807) is 0 Å². The van der Waals surface area contributed by atoms with Crippen molar-refractivity contribution in [2.24, 2.45) is 0 Å². The molecule has 0 bridgehead atoms. The zero-order chi connectivity index (χ0) is 11.7. The lowest BCUT2D eigenvalue weighted by Crippen LogP contribution is -1.85. The number of terminal acetylenes is 1. The van der Waals surface area contributed by atoms with Gasteiger partial charge in [-0.3, -0.25) is 0 Å². The number of hydrogen-bond donors (Lipinski definition) is 0. The van der Waals surface area contributed by atoms with Gasteiger partial charge in [0.05, 0.1) is 0 Å². The van der Waals surface area contributed by atoms with Crippen LogP contribution >= 0.6 is 0 Å². The molecule has 3 rings (SSSR count). The SMILES string of the molecule is C#CCc1cccc2cc3ccccc3cc12. The Morgan fingerprint density at radius 1 is 0.824 bits per heavy atom.